The number of para-hydroxylation sites is 1. The number of carbonyl (C=O) groups is 1. The van der Waals surface area contributed by atoms with E-state index in [4.69, 9.17) is 4.74 Å². The van der Waals surface area contributed by atoms with E-state index in [-0.39, 0.29) is 5.97 Å². The van der Waals surface area contributed by atoms with E-state index in [1.165, 1.54) is 11.8 Å². The topological polar surface area (TPSA) is 38.3 Å². The van der Waals surface area contributed by atoms with Crippen molar-refractivity contribution in [2.24, 2.45) is 0 Å². The Morgan fingerprint density at radius 1 is 1.11 bits per heavy atom. The molecule has 1 aliphatic heterocycles. The third-order valence-electron chi connectivity index (χ3n) is 2.59. The molecule has 0 saturated carbocycles. The molecule has 0 aliphatic carbocycles. The van der Waals surface area contributed by atoms with Crippen LogP contribution in [0.15, 0.2) is 52.3 Å². The number of esters is 1. The van der Waals surface area contributed by atoms with E-state index in [0.717, 1.165) is 16.3 Å². The summed E-state index contributed by atoms with van der Waals surface area (Å²) >= 11 is 1.71. The maximum absolute atomic E-state index is 10.9. The standard InChI is InChI=1S/C14H11NO2S/c1-9(16)17-10-6-7-14-12(8-10)15-11-4-2-3-5-13(11)18-14/h2-8,15H,1H3. The fourth-order valence-electron chi connectivity index (χ4n) is 1.85. The van der Waals surface area contributed by atoms with Crippen molar-refractivity contribution >= 4 is 29.1 Å². The zero-order valence-corrected chi connectivity index (χ0v) is 10.6. The summed E-state index contributed by atoms with van der Waals surface area (Å²) in [7, 11) is 0. The van der Waals surface area contributed by atoms with E-state index in [1.807, 2.05) is 36.4 Å². The number of rotatable bonds is 1. The number of carbonyl (C=O) groups excluding carboxylic acids is 1. The SMILES string of the molecule is CC(=O)Oc1ccc2c(c1)Nc1ccccc1S2. The number of hydrogen-bond donors (Lipinski definition) is 1. The first-order chi connectivity index (χ1) is 8.72. The first-order valence-electron chi connectivity index (χ1n) is 5.59. The largest absolute Gasteiger partial charge is 0.427 e. The molecule has 90 valence electrons. The Morgan fingerprint density at radius 2 is 1.89 bits per heavy atom. The first-order valence-corrected chi connectivity index (χ1v) is 6.40. The lowest BCUT2D eigenvalue weighted by Gasteiger charge is -2.20. The summed E-state index contributed by atoms with van der Waals surface area (Å²) < 4.78 is 5.08. The van der Waals surface area contributed by atoms with Crippen LogP contribution >= 0.6 is 11.8 Å². The number of hydrogen-bond acceptors (Lipinski definition) is 4. The van der Waals surface area contributed by atoms with E-state index in [0.29, 0.717) is 5.75 Å². The van der Waals surface area contributed by atoms with Crippen LogP contribution in [0, 0.1) is 0 Å². The molecule has 0 fully saturated rings. The van der Waals surface area contributed by atoms with Gasteiger partial charge in [0.25, 0.3) is 0 Å². The summed E-state index contributed by atoms with van der Waals surface area (Å²) in [6, 6.07) is 13.7. The molecule has 0 aromatic heterocycles. The second kappa shape index (κ2) is 4.38. The summed E-state index contributed by atoms with van der Waals surface area (Å²) in [5, 5.41) is 3.34. The highest BCUT2D eigenvalue weighted by atomic mass is 32.2. The van der Waals surface area contributed by atoms with Crippen molar-refractivity contribution in [1.82, 2.24) is 0 Å². The highest BCUT2D eigenvalue weighted by molar-refractivity contribution is 7.99. The van der Waals surface area contributed by atoms with Gasteiger partial charge in [-0.2, -0.15) is 0 Å². The average Bonchev–Trinajstić information content (AvgIpc) is 2.35. The van der Waals surface area contributed by atoms with Crippen LogP contribution < -0.4 is 10.1 Å². The van der Waals surface area contributed by atoms with Gasteiger partial charge in [0.2, 0.25) is 0 Å². The van der Waals surface area contributed by atoms with Gasteiger partial charge >= 0.3 is 5.97 Å². The fourth-order valence-corrected chi connectivity index (χ4v) is 2.82. The van der Waals surface area contributed by atoms with Crippen molar-refractivity contribution in [3.63, 3.8) is 0 Å². The van der Waals surface area contributed by atoms with Crippen LogP contribution in [0.25, 0.3) is 0 Å². The molecular formula is C14H11NO2S. The molecule has 1 aliphatic rings. The van der Waals surface area contributed by atoms with Gasteiger partial charge in [-0.1, -0.05) is 23.9 Å². The highest BCUT2D eigenvalue weighted by Crippen LogP contribution is 2.44. The van der Waals surface area contributed by atoms with Crippen LogP contribution in [0.5, 0.6) is 5.75 Å². The summed E-state index contributed by atoms with van der Waals surface area (Å²) in [4.78, 5) is 13.3. The van der Waals surface area contributed by atoms with E-state index >= 15 is 0 Å². The molecule has 0 atom stereocenters. The Balaban J connectivity index is 1.96. The normalized spacial score (nSPS) is 12.1. The average molecular weight is 257 g/mol. The maximum atomic E-state index is 10.9. The van der Waals surface area contributed by atoms with Gasteiger partial charge in [-0.25, -0.2) is 0 Å². The second-order valence-corrected chi connectivity index (χ2v) is 5.06. The van der Waals surface area contributed by atoms with Crippen LogP contribution in [-0.4, -0.2) is 5.97 Å². The van der Waals surface area contributed by atoms with Gasteiger partial charge in [-0.3, -0.25) is 4.79 Å². The Bertz CT molecular complexity index is 625. The molecule has 0 saturated heterocycles. The predicted octanol–water partition coefficient (Wildman–Crippen LogP) is 3.82. The van der Waals surface area contributed by atoms with Gasteiger partial charge in [0.05, 0.1) is 11.4 Å². The Morgan fingerprint density at radius 3 is 2.72 bits per heavy atom. The molecule has 18 heavy (non-hydrogen) atoms. The van der Waals surface area contributed by atoms with Crippen LogP contribution in [0.1, 0.15) is 6.92 Å². The Labute approximate surface area is 109 Å². The second-order valence-electron chi connectivity index (χ2n) is 3.97. The van der Waals surface area contributed by atoms with Crippen molar-refractivity contribution in [3.8, 4) is 5.75 Å². The van der Waals surface area contributed by atoms with Gasteiger partial charge < -0.3 is 10.1 Å². The van der Waals surface area contributed by atoms with E-state index < -0.39 is 0 Å². The maximum Gasteiger partial charge on any atom is 0.308 e. The van der Waals surface area contributed by atoms with Gasteiger partial charge in [-0.15, -0.1) is 0 Å². The van der Waals surface area contributed by atoms with Crippen molar-refractivity contribution in [2.45, 2.75) is 16.7 Å². The van der Waals surface area contributed by atoms with Gasteiger partial charge in [-0.05, 0) is 24.3 Å². The number of fused-ring (bicyclic) bond motifs is 2. The minimum absolute atomic E-state index is 0.307. The zero-order chi connectivity index (χ0) is 12.5. The van der Waals surface area contributed by atoms with Crippen LogP contribution in [-0.2, 0) is 4.79 Å². The van der Waals surface area contributed by atoms with Crippen molar-refractivity contribution in [3.05, 3.63) is 42.5 Å². The summed E-state index contributed by atoms with van der Waals surface area (Å²) in [5.41, 5.74) is 2.05. The number of benzene rings is 2. The summed E-state index contributed by atoms with van der Waals surface area (Å²) in [6.45, 7) is 1.40. The van der Waals surface area contributed by atoms with Gasteiger partial charge in [0.1, 0.15) is 5.75 Å². The van der Waals surface area contributed by atoms with Gasteiger partial charge in [0, 0.05) is 22.8 Å². The monoisotopic (exact) mass is 257 g/mol. The lowest BCUT2D eigenvalue weighted by Crippen LogP contribution is -2.03. The zero-order valence-electron chi connectivity index (χ0n) is 9.77. The molecule has 3 nitrogen and oxygen atoms in total. The minimum Gasteiger partial charge on any atom is -0.427 e. The van der Waals surface area contributed by atoms with Crippen molar-refractivity contribution in [1.29, 1.82) is 0 Å². The lowest BCUT2D eigenvalue weighted by atomic mass is 10.2. The van der Waals surface area contributed by atoms with E-state index in [9.17, 15) is 4.79 Å². The number of anilines is 2. The Kier molecular flexibility index (Phi) is 2.72. The molecular weight excluding hydrogens is 246 g/mol. The lowest BCUT2D eigenvalue weighted by molar-refractivity contribution is -0.131. The molecule has 1 N–H and O–H groups in total. The van der Waals surface area contributed by atoms with Crippen LogP contribution in [0.4, 0.5) is 11.4 Å². The molecule has 2 aromatic rings. The molecule has 0 bridgehead atoms. The molecule has 3 rings (SSSR count). The molecule has 2 aromatic carbocycles. The highest BCUT2D eigenvalue weighted by Gasteiger charge is 2.15. The predicted molar refractivity (Wildman–Crippen MR) is 71.6 cm³/mol. The van der Waals surface area contributed by atoms with Crippen LogP contribution in [0.3, 0.4) is 0 Å². The molecule has 0 spiro atoms. The van der Waals surface area contributed by atoms with E-state index in [2.05, 4.69) is 11.4 Å². The van der Waals surface area contributed by atoms with Gasteiger partial charge in [0.15, 0.2) is 0 Å². The summed E-state index contributed by atoms with van der Waals surface area (Å²) in [5.74, 6) is 0.257. The molecule has 4 heteroatoms. The number of nitrogens with one attached hydrogen (secondary N) is 1. The third kappa shape index (κ3) is 2.07. The first kappa shape index (κ1) is 11.2. The molecule has 0 radical (unpaired) electrons. The Hall–Kier alpha value is -1.94. The van der Waals surface area contributed by atoms with Crippen molar-refractivity contribution in [2.75, 3.05) is 5.32 Å². The fraction of sp³-hybridized carbons (Fsp3) is 0.0714. The van der Waals surface area contributed by atoms with Crippen molar-refractivity contribution < 1.29 is 9.53 Å². The molecule has 0 amide bonds. The third-order valence-corrected chi connectivity index (χ3v) is 3.74. The molecule has 1 heterocycles. The minimum atomic E-state index is -0.307. The summed E-state index contributed by atoms with van der Waals surface area (Å²) in [6.07, 6.45) is 0. The number of ether oxygens (including phenoxy) is 1. The smallest absolute Gasteiger partial charge is 0.308 e. The van der Waals surface area contributed by atoms with Crippen LogP contribution in [0.2, 0.25) is 0 Å². The quantitative estimate of drug-likeness (QED) is 0.531. The van der Waals surface area contributed by atoms with E-state index in [1.54, 1.807) is 11.8 Å². The molecule has 0 unspecified atom stereocenters.